The summed E-state index contributed by atoms with van der Waals surface area (Å²) >= 11 is 0. The van der Waals surface area contributed by atoms with E-state index in [-0.39, 0.29) is 12.4 Å². The first kappa shape index (κ1) is 16.8. The van der Waals surface area contributed by atoms with Crippen molar-refractivity contribution in [2.45, 2.75) is 70.9 Å². The molecule has 19 heavy (non-hydrogen) atoms. The third-order valence-corrected chi connectivity index (χ3v) is 4.79. The van der Waals surface area contributed by atoms with E-state index in [4.69, 9.17) is 0 Å². The molecule has 112 valence electrons. The molecule has 1 aliphatic carbocycles. The van der Waals surface area contributed by atoms with Crippen molar-refractivity contribution in [1.29, 1.82) is 0 Å². The van der Waals surface area contributed by atoms with Crippen LogP contribution in [0.4, 0.5) is 0 Å². The third-order valence-electron chi connectivity index (χ3n) is 4.79. The van der Waals surface area contributed by atoms with Crippen molar-refractivity contribution >= 4 is 18.3 Å². The molecule has 0 radical (unpaired) electrons. The van der Waals surface area contributed by atoms with Crippen molar-refractivity contribution in [1.82, 2.24) is 10.2 Å². The minimum atomic E-state index is 0. The number of nitrogens with zero attached hydrogens (tertiary/aromatic N) is 1. The molecule has 1 amide bonds. The van der Waals surface area contributed by atoms with Crippen LogP contribution < -0.4 is 5.32 Å². The lowest BCUT2D eigenvalue weighted by Crippen LogP contribution is -2.57. The van der Waals surface area contributed by atoms with Crippen molar-refractivity contribution in [3.8, 4) is 0 Å². The van der Waals surface area contributed by atoms with Crippen LogP contribution in [0.1, 0.15) is 58.8 Å². The minimum absolute atomic E-state index is 0. The Hall–Kier alpha value is -0.280. The van der Waals surface area contributed by atoms with E-state index in [9.17, 15) is 4.79 Å². The molecule has 0 bridgehead atoms. The van der Waals surface area contributed by atoms with Crippen molar-refractivity contribution in [3.63, 3.8) is 0 Å². The Labute approximate surface area is 123 Å². The predicted octanol–water partition coefficient (Wildman–Crippen LogP) is 2.98. The van der Waals surface area contributed by atoms with Crippen molar-refractivity contribution in [2.75, 3.05) is 13.1 Å². The van der Waals surface area contributed by atoms with E-state index in [0.717, 1.165) is 19.5 Å². The van der Waals surface area contributed by atoms with Crippen molar-refractivity contribution in [3.05, 3.63) is 0 Å². The Morgan fingerprint density at radius 3 is 2.42 bits per heavy atom. The number of amides is 1. The predicted molar refractivity (Wildman–Crippen MR) is 81.7 cm³/mol. The second-order valence-corrected chi connectivity index (χ2v) is 6.13. The Morgan fingerprint density at radius 2 is 1.79 bits per heavy atom. The number of carbonyl (C=O) groups excluding carboxylic acids is 1. The first-order valence-electron chi connectivity index (χ1n) is 7.71. The molecule has 2 aliphatic rings. The number of piperazine rings is 1. The number of rotatable bonds is 2. The van der Waals surface area contributed by atoms with Crippen molar-refractivity contribution < 1.29 is 4.79 Å². The van der Waals surface area contributed by atoms with E-state index in [2.05, 4.69) is 24.1 Å². The summed E-state index contributed by atoms with van der Waals surface area (Å²) in [5, 5.41) is 3.44. The zero-order valence-corrected chi connectivity index (χ0v) is 13.2. The van der Waals surface area contributed by atoms with Gasteiger partial charge in [0, 0.05) is 31.6 Å². The van der Waals surface area contributed by atoms with Gasteiger partial charge in [0.05, 0.1) is 0 Å². The van der Waals surface area contributed by atoms with Gasteiger partial charge in [0.15, 0.2) is 0 Å². The molecule has 2 unspecified atom stereocenters. The van der Waals surface area contributed by atoms with Crippen molar-refractivity contribution in [2.24, 2.45) is 5.92 Å². The highest BCUT2D eigenvalue weighted by atomic mass is 35.5. The SMILES string of the molecule is CC1NCCN(C(=O)CC2CCCCCC2)C1C.Cl. The minimum Gasteiger partial charge on any atom is -0.337 e. The first-order chi connectivity index (χ1) is 8.68. The molecule has 0 aromatic heterocycles. The summed E-state index contributed by atoms with van der Waals surface area (Å²) in [6.45, 7) is 6.18. The lowest BCUT2D eigenvalue weighted by atomic mass is 9.95. The lowest BCUT2D eigenvalue weighted by molar-refractivity contribution is -0.136. The third kappa shape index (κ3) is 4.64. The molecule has 2 rings (SSSR count). The van der Waals surface area contributed by atoms with Crippen LogP contribution in [-0.2, 0) is 4.79 Å². The molecular weight excluding hydrogens is 260 g/mol. The molecule has 2 fully saturated rings. The summed E-state index contributed by atoms with van der Waals surface area (Å²) in [5.41, 5.74) is 0. The monoisotopic (exact) mass is 288 g/mol. The maximum absolute atomic E-state index is 12.4. The summed E-state index contributed by atoms with van der Waals surface area (Å²) in [7, 11) is 0. The first-order valence-corrected chi connectivity index (χ1v) is 7.71. The molecule has 0 spiro atoms. The van der Waals surface area contributed by atoms with Gasteiger partial charge in [-0.15, -0.1) is 12.4 Å². The molecule has 1 saturated carbocycles. The van der Waals surface area contributed by atoms with E-state index >= 15 is 0 Å². The van der Waals surface area contributed by atoms with Gasteiger partial charge in [-0.3, -0.25) is 4.79 Å². The Balaban J connectivity index is 0.00000180. The number of hydrogen-bond acceptors (Lipinski definition) is 2. The van der Waals surface area contributed by atoms with Crippen LogP contribution in [0.25, 0.3) is 0 Å². The van der Waals surface area contributed by atoms with Crippen LogP contribution in [0.5, 0.6) is 0 Å². The summed E-state index contributed by atoms with van der Waals surface area (Å²) in [6, 6.07) is 0.772. The van der Waals surface area contributed by atoms with Gasteiger partial charge in [-0.25, -0.2) is 0 Å². The zero-order valence-electron chi connectivity index (χ0n) is 12.4. The van der Waals surface area contributed by atoms with Gasteiger partial charge in [-0.05, 0) is 32.6 Å². The van der Waals surface area contributed by atoms with Gasteiger partial charge in [0.25, 0.3) is 0 Å². The molecule has 1 N–H and O–H groups in total. The quantitative estimate of drug-likeness (QED) is 0.792. The van der Waals surface area contributed by atoms with Crippen LogP contribution >= 0.6 is 12.4 Å². The summed E-state index contributed by atoms with van der Waals surface area (Å²) in [5.74, 6) is 1.04. The molecule has 2 atom stereocenters. The molecule has 0 aromatic carbocycles. The van der Waals surface area contributed by atoms with E-state index in [1.165, 1.54) is 38.5 Å². The van der Waals surface area contributed by atoms with Gasteiger partial charge in [-0.1, -0.05) is 25.7 Å². The van der Waals surface area contributed by atoms with Crippen LogP contribution in [0.3, 0.4) is 0 Å². The summed E-state index contributed by atoms with van der Waals surface area (Å²) in [4.78, 5) is 14.5. The van der Waals surface area contributed by atoms with Gasteiger partial charge in [-0.2, -0.15) is 0 Å². The van der Waals surface area contributed by atoms with Gasteiger partial charge in [0.1, 0.15) is 0 Å². The van der Waals surface area contributed by atoms with E-state index in [0.29, 0.717) is 23.9 Å². The lowest BCUT2D eigenvalue weighted by Gasteiger charge is -2.39. The van der Waals surface area contributed by atoms with Crippen LogP contribution in [0.15, 0.2) is 0 Å². The highest BCUT2D eigenvalue weighted by molar-refractivity contribution is 5.85. The fraction of sp³-hybridized carbons (Fsp3) is 0.933. The average Bonchev–Trinajstić information content (AvgIpc) is 2.61. The molecule has 1 aliphatic heterocycles. The highest BCUT2D eigenvalue weighted by Gasteiger charge is 2.29. The van der Waals surface area contributed by atoms with Gasteiger partial charge >= 0.3 is 0 Å². The zero-order chi connectivity index (χ0) is 13.0. The maximum atomic E-state index is 12.4. The molecular formula is C15H29ClN2O. The normalized spacial score (nSPS) is 29.5. The standard InChI is InChI=1S/C15H28N2O.ClH/c1-12-13(2)17(10-9-16-12)15(18)11-14-7-5-3-4-6-8-14;/h12-14,16H,3-11H2,1-2H3;1H. The molecule has 3 nitrogen and oxygen atoms in total. The van der Waals surface area contributed by atoms with Gasteiger partial charge < -0.3 is 10.2 Å². The fourth-order valence-corrected chi connectivity index (χ4v) is 3.34. The smallest absolute Gasteiger partial charge is 0.223 e. The summed E-state index contributed by atoms with van der Waals surface area (Å²) < 4.78 is 0. The van der Waals surface area contributed by atoms with E-state index in [1.807, 2.05) is 0 Å². The fourth-order valence-electron chi connectivity index (χ4n) is 3.34. The number of halogens is 1. The Morgan fingerprint density at radius 1 is 1.16 bits per heavy atom. The number of hydrogen-bond donors (Lipinski definition) is 1. The topological polar surface area (TPSA) is 32.3 Å². The van der Waals surface area contributed by atoms with Crippen LogP contribution in [0, 0.1) is 5.92 Å². The second-order valence-electron chi connectivity index (χ2n) is 6.13. The number of carbonyl (C=O) groups is 1. The molecule has 4 heteroatoms. The van der Waals surface area contributed by atoms with E-state index < -0.39 is 0 Å². The average molecular weight is 289 g/mol. The Kier molecular flexibility index (Phi) is 7.16. The molecule has 1 heterocycles. The highest BCUT2D eigenvalue weighted by Crippen LogP contribution is 2.26. The van der Waals surface area contributed by atoms with Gasteiger partial charge in [0.2, 0.25) is 5.91 Å². The summed E-state index contributed by atoms with van der Waals surface area (Å²) in [6.07, 6.45) is 8.70. The largest absolute Gasteiger partial charge is 0.337 e. The van der Waals surface area contributed by atoms with Crippen LogP contribution in [0.2, 0.25) is 0 Å². The Bertz CT molecular complexity index is 277. The number of nitrogens with one attached hydrogen (secondary N) is 1. The molecule has 1 saturated heterocycles. The van der Waals surface area contributed by atoms with Crippen LogP contribution in [-0.4, -0.2) is 36.0 Å². The second kappa shape index (κ2) is 8.11. The van der Waals surface area contributed by atoms with E-state index in [1.54, 1.807) is 0 Å². The molecule has 0 aromatic rings. The maximum Gasteiger partial charge on any atom is 0.223 e.